The smallest absolute Gasteiger partial charge is 0.322 e. The van der Waals surface area contributed by atoms with E-state index in [0.29, 0.717) is 12.3 Å². The van der Waals surface area contributed by atoms with E-state index in [1.807, 2.05) is 49.4 Å². The highest BCUT2D eigenvalue weighted by molar-refractivity contribution is 5.96. The Balaban J connectivity index is 1.89. The van der Waals surface area contributed by atoms with Gasteiger partial charge in [-0.3, -0.25) is 4.90 Å². The lowest BCUT2D eigenvalue weighted by molar-refractivity contribution is 0.174. The Morgan fingerprint density at radius 2 is 1.91 bits per heavy atom. The molecule has 2 aliphatic rings. The molecule has 0 spiro atoms. The molecule has 0 bridgehead atoms. The summed E-state index contributed by atoms with van der Waals surface area (Å²) in [5, 5.41) is 3.07. The molecule has 2 amide bonds. The van der Waals surface area contributed by atoms with Gasteiger partial charge in [-0.1, -0.05) is 30.3 Å². The van der Waals surface area contributed by atoms with Crippen LogP contribution in [0, 0.1) is 0 Å². The number of benzene rings is 2. The van der Waals surface area contributed by atoms with Crippen LogP contribution in [0.15, 0.2) is 42.5 Å². The minimum absolute atomic E-state index is 0.0947. The zero-order valence-electron chi connectivity index (χ0n) is 12.2. The number of nitrogens with zero attached hydrogens (tertiary/aromatic N) is 1. The first-order valence-corrected chi connectivity index (χ1v) is 7.34. The average Bonchev–Trinajstić information content (AvgIpc) is 3.00. The van der Waals surface area contributed by atoms with Gasteiger partial charge in [0.1, 0.15) is 0 Å². The van der Waals surface area contributed by atoms with Crippen LogP contribution in [0.2, 0.25) is 0 Å². The molecule has 4 rings (SSSR count). The first kappa shape index (κ1) is 13.0. The minimum Gasteiger partial charge on any atom is -0.454 e. The molecule has 0 radical (unpaired) electrons. The van der Waals surface area contributed by atoms with Crippen molar-refractivity contribution < 1.29 is 14.3 Å². The van der Waals surface area contributed by atoms with Crippen LogP contribution in [0.25, 0.3) is 0 Å². The number of anilines is 1. The SMILES string of the molecule is CCN1C(=O)NC(c2ccccc2)c2cc3c(cc21)OCO3. The number of hydrogen-bond donors (Lipinski definition) is 1. The van der Waals surface area contributed by atoms with Crippen molar-refractivity contribution in [2.24, 2.45) is 0 Å². The predicted octanol–water partition coefficient (Wildman–Crippen LogP) is 3.05. The van der Waals surface area contributed by atoms with Crippen molar-refractivity contribution in [3.05, 3.63) is 53.6 Å². The average molecular weight is 296 g/mol. The molecule has 0 aliphatic carbocycles. The predicted molar refractivity (Wildman–Crippen MR) is 82.4 cm³/mol. The Labute approximate surface area is 128 Å². The Morgan fingerprint density at radius 1 is 1.18 bits per heavy atom. The highest BCUT2D eigenvalue weighted by atomic mass is 16.7. The van der Waals surface area contributed by atoms with Crippen molar-refractivity contribution >= 4 is 11.7 Å². The minimum atomic E-state index is -0.180. The number of carbonyl (C=O) groups excluding carboxylic acids is 1. The summed E-state index contributed by atoms with van der Waals surface area (Å²) in [5.41, 5.74) is 2.95. The summed E-state index contributed by atoms with van der Waals surface area (Å²) >= 11 is 0. The Bertz CT molecular complexity index is 730. The molecule has 5 heteroatoms. The third-order valence-electron chi connectivity index (χ3n) is 4.09. The zero-order chi connectivity index (χ0) is 15.1. The van der Waals surface area contributed by atoms with Crippen LogP contribution in [0.1, 0.15) is 24.1 Å². The number of hydrogen-bond acceptors (Lipinski definition) is 3. The maximum absolute atomic E-state index is 12.4. The monoisotopic (exact) mass is 296 g/mol. The standard InChI is InChI=1S/C17H16N2O3/c1-2-19-13-9-15-14(21-10-22-15)8-12(13)16(18-17(19)20)11-6-4-3-5-7-11/h3-9,16H,2,10H2,1H3,(H,18,20). The van der Waals surface area contributed by atoms with Gasteiger partial charge in [0.05, 0.1) is 11.7 Å². The van der Waals surface area contributed by atoms with Gasteiger partial charge in [0, 0.05) is 18.2 Å². The third kappa shape index (κ3) is 1.89. The van der Waals surface area contributed by atoms with Crippen LogP contribution in [0.4, 0.5) is 10.5 Å². The van der Waals surface area contributed by atoms with Crippen molar-refractivity contribution in [1.29, 1.82) is 0 Å². The first-order chi connectivity index (χ1) is 10.8. The normalized spacial score (nSPS) is 18.9. The van der Waals surface area contributed by atoms with E-state index in [1.54, 1.807) is 4.90 Å². The van der Waals surface area contributed by atoms with Gasteiger partial charge in [0.15, 0.2) is 11.5 Å². The first-order valence-electron chi connectivity index (χ1n) is 7.34. The lowest BCUT2D eigenvalue weighted by Crippen LogP contribution is -2.46. The highest BCUT2D eigenvalue weighted by Gasteiger charge is 2.33. The van der Waals surface area contributed by atoms with Gasteiger partial charge in [0.2, 0.25) is 6.79 Å². The lowest BCUT2D eigenvalue weighted by Gasteiger charge is -2.35. The van der Waals surface area contributed by atoms with Crippen LogP contribution in [0.3, 0.4) is 0 Å². The second-order valence-electron chi connectivity index (χ2n) is 5.30. The van der Waals surface area contributed by atoms with Gasteiger partial charge >= 0.3 is 6.03 Å². The Kier molecular flexibility index (Phi) is 2.92. The number of fused-ring (bicyclic) bond motifs is 2. The lowest BCUT2D eigenvalue weighted by atomic mass is 9.94. The van der Waals surface area contributed by atoms with E-state index in [1.165, 1.54) is 0 Å². The molecule has 2 heterocycles. The fourth-order valence-corrected chi connectivity index (χ4v) is 3.02. The van der Waals surface area contributed by atoms with E-state index >= 15 is 0 Å². The number of carbonyl (C=O) groups is 1. The number of urea groups is 1. The van der Waals surface area contributed by atoms with Gasteiger partial charge in [-0.15, -0.1) is 0 Å². The molecule has 2 aliphatic heterocycles. The number of ether oxygens (including phenoxy) is 2. The third-order valence-corrected chi connectivity index (χ3v) is 4.09. The van der Waals surface area contributed by atoms with E-state index in [2.05, 4.69) is 5.32 Å². The van der Waals surface area contributed by atoms with Crippen molar-refractivity contribution in [3.63, 3.8) is 0 Å². The summed E-state index contributed by atoms with van der Waals surface area (Å²) in [4.78, 5) is 14.1. The summed E-state index contributed by atoms with van der Waals surface area (Å²) < 4.78 is 10.9. The summed E-state index contributed by atoms with van der Waals surface area (Å²) in [6.45, 7) is 2.78. The molecule has 2 aromatic carbocycles. The van der Waals surface area contributed by atoms with Crippen LogP contribution in [0.5, 0.6) is 11.5 Å². The molecule has 0 saturated heterocycles. The maximum Gasteiger partial charge on any atom is 0.322 e. The van der Waals surface area contributed by atoms with Gasteiger partial charge in [-0.25, -0.2) is 4.79 Å². The van der Waals surface area contributed by atoms with E-state index in [4.69, 9.17) is 9.47 Å². The molecule has 1 N–H and O–H groups in total. The largest absolute Gasteiger partial charge is 0.454 e. The highest BCUT2D eigenvalue weighted by Crippen LogP contribution is 2.43. The van der Waals surface area contributed by atoms with Crippen molar-refractivity contribution in [3.8, 4) is 11.5 Å². The van der Waals surface area contributed by atoms with Gasteiger partial charge in [-0.2, -0.15) is 0 Å². The topological polar surface area (TPSA) is 50.8 Å². The van der Waals surface area contributed by atoms with Crippen LogP contribution < -0.4 is 19.7 Å². The fourth-order valence-electron chi connectivity index (χ4n) is 3.02. The van der Waals surface area contributed by atoms with E-state index < -0.39 is 0 Å². The van der Waals surface area contributed by atoms with Crippen LogP contribution >= 0.6 is 0 Å². The van der Waals surface area contributed by atoms with Gasteiger partial charge in [-0.05, 0) is 18.6 Å². The molecule has 0 fully saturated rings. The van der Waals surface area contributed by atoms with E-state index in [9.17, 15) is 4.79 Å². The van der Waals surface area contributed by atoms with E-state index in [0.717, 1.165) is 22.6 Å². The van der Waals surface area contributed by atoms with Crippen LogP contribution in [-0.4, -0.2) is 19.4 Å². The second-order valence-corrected chi connectivity index (χ2v) is 5.30. The summed E-state index contributed by atoms with van der Waals surface area (Å²) in [6.07, 6.45) is 0. The maximum atomic E-state index is 12.4. The molecule has 0 saturated carbocycles. The molecule has 1 atom stereocenters. The van der Waals surface area contributed by atoms with E-state index in [-0.39, 0.29) is 18.9 Å². The fraction of sp³-hybridized carbons (Fsp3) is 0.235. The van der Waals surface area contributed by atoms with Crippen molar-refractivity contribution in [1.82, 2.24) is 5.32 Å². The number of amides is 2. The molecule has 0 aromatic heterocycles. The Hall–Kier alpha value is -2.69. The zero-order valence-corrected chi connectivity index (χ0v) is 12.2. The Morgan fingerprint density at radius 3 is 2.64 bits per heavy atom. The molecule has 22 heavy (non-hydrogen) atoms. The molecule has 1 unspecified atom stereocenters. The molecular formula is C17H16N2O3. The van der Waals surface area contributed by atoms with Gasteiger partial charge < -0.3 is 14.8 Å². The molecular weight excluding hydrogens is 280 g/mol. The summed E-state index contributed by atoms with van der Waals surface area (Å²) in [6, 6.07) is 13.5. The van der Waals surface area contributed by atoms with Crippen molar-refractivity contribution in [2.75, 3.05) is 18.2 Å². The summed E-state index contributed by atoms with van der Waals surface area (Å²) in [7, 11) is 0. The number of nitrogens with one attached hydrogen (secondary N) is 1. The molecule has 112 valence electrons. The summed E-state index contributed by atoms with van der Waals surface area (Å²) in [5.74, 6) is 1.42. The van der Waals surface area contributed by atoms with Gasteiger partial charge in [0.25, 0.3) is 0 Å². The van der Waals surface area contributed by atoms with Crippen LogP contribution in [-0.2, 0) is 0 Å². The molecule has 5 nitrogen and oxygen atoms in total. The quantitative estimate of drug-likeness (QED) is 0.926. The van der Waals surface area contributed by atoms with Crippen molar-refractivity contribution in [2.45, 2.75) is 13.0 Å². The molecule has 2 aromatic rings. The number of rotatable bonds is 2. The second kappa shape index (κ2) is 4.94.